The van der Waals surface area contributed by atoms with E-state index >= 15 is 0 Å². The van der Waals surface area contributed by atoms with Crippen molar-refractivity contribution in [2.24, 2.45) is 0 Å². The number of carboxylic acid groups (broad SMARTS) is 1. The average Bonchev–Trinajstić information content (AvgIpc) is 2.81. The molecule has 0 spiro atoms. The van der Waals surface area contributed by atoms with Crippen molar-refractivity contribution in [3.8, 4) is 0 Å². The molecule has 0 aliphatic carbocycles. The van der Waals surface area contributed by atoms with Gasteiger partial charge in [-0.05, 0) is 0 Å². The van der Waals surface area contributed by atoms with Crippen LogP contribution in [-0.4, -0.2) is 48.5 Å². The molecule has 130 valence electrons. The number of ether oxygens (including phenoxy) is 1. The smallest absolute Gasteiger partial charge is 0.450 e. The minimum Gasteiger partial charge on any atom is -0.450 e. The van der Waals surface area contributed by atoms with Gasteiger partial charge in [-0.1, -0.05) is 47.8 Å². The highest BCUT2D eigenvalue weighted by Gasteiger charge is 2.44. The summed E-state index contributed by atoms with van der Waals surface area (Å²) in [5.41, 5.74) is -5.53. The quantitative estimate of drug-likeness (QED) is 0.214. The molecule has 15 heteroatoms. The normalized spacial score (nSPS) is 11.4. The maximum atomic E-state index is 10.7. The van der Waals surface area contributed by atoms with Crippen molar-refractivity contribution in [3.63, 3.8) is 0 Å². The molecule has 0 radical (unpaired) electrons. The first-order chi connectivity index (χ1) is 9.67. The molecule has 8 nitrogen and oxygen atoms in total. The zero-order valence-electron chi connectivity index (χ0n) is 10.1. The predicted octanol–water partition coefficient (Wildman–Crippen LogP) is 3.32. The first kappa shape index (κ1) is 23.9. The molecular weight excluding hydrogens is 537 g/mol. The lowest BCUT2D eigenvalue weighted by molar-refractivity contribution is -0.0510. The van der Waals surface area contributed by atoms with Gasteiger partial charge in [-0.15, -0.1) is 0 Å². The van der Waals surface area contributed by atoms with Gasteiger partial charge in [0.2, 0.25) is 0 Å². The second-order valence-corrected chi connectivity index (χ2v) is 11.5. The minimum absolute atomic E-state index is 0.00231. The van der Waals surface area contributed by atoms with Crippen LogP contribution in [0, 0.1) is 0 Å². The molecule has 0 saturated carbocycles. The number of rotatable bonds is 1. The summed E-state index contributed by atoms with van der Waals surface area (Å²) in [5, 5.41) is 7.99. The van der Waals surface area contributed by atoms with Crippen molar-refractivity contribution < 1.29 is 40.8 Å². The number of nitrogens with one attached hydrogen (secondary N) is 1. The van der Waals surface area contributed by atoms with Crippen molar-refractivity contribution in [1.29, 1.82) is 0 Å². The van der Waals surface area contributed by atoms with Crippen LogP contribution >= 0.6 is 47.8 Å². The summed E-state index contributed by atoms with van der Waals surface area (Å²) < 4.78 is 61.1. The highest BCUT2D eigenvalue weighted by atomic mass is 80.0. The molecule has 0 aromatic carbocycles. The van der Waals surface area contributed by atoms with E-state index in [0.717, 1.165) is 0 Å². The Morgan fingerprint density at radius 1 is 1.32 bits per heavy atom. The van der Waals surface area contributed by atoms with Crippen molar-refractivity contribution >= 4 is 64.1 Å². The monoisotopic (exact) mass is 542 g/mol. The van der Waals surface area contributed by atoms with Crippen LogP contribution < -0.4 is 0 Å². The van der Waals surface area contributed by atoms with Crippen LogP contribution in [0.15, 0.2) is 18.7 Å². The summed E-state index contributed by atoms with van der Waals surface area (Å²) >= 11 is 9.16. The van der Waals surface area contributed by atoms with E-state index in [1.165, 1.54) is 0 Å². The van der Waals surface area contributed by atoms with E-state index in [2.05, 4.69) is 62.5 Å². The number of hydrogen-bond donors (Lipinski definition) is 3. The van der Waals surface area contributed by atoms with E-state index in [1.54, 1.807) is 18.7 Å². The van der Waals surface area contributed by atoms with Crippen LogP contribution in [0.1, 0.15) is 0 Å². The highest BCUT2D eigenvalue weighted by Crippen LogP contribution is 2.33. The van der Waals surface area contributed by atoms with Gasteiger partial charge in [-0.3, -0.25) is 4.55 Å². The number of aromatic nitrogens is 2. The highest BCUT2D eigenvalue weighted by molar-refractivity contribution is 9.39. The zero-order valence-corrected chi connectivity index (χ0v) is 15.7. The Morgan fingerprint density at radius 2 is 1.77 bits per heavy atom. The lowest BCUT2D eigenvalue weighted by Crippen LogP contribution is -2.21. The Bertz CT molecular complexity index is 499. The number of alkyl halides is 6. The van der Waals surface area contributed by atoms with E-state index in [9.17, 15) is 18.0 Å². The van der Waals surface area contributed by atoms with Crippen LogP contribution in [-0.2, 0) is 14.9 Å². The van der Waals surface area contributed by atoms with Crippen molar-refractivity contribution in [2.75, 3.05) is 6.61 Å². The third kappa shape index (κ3) is 17.7. The van der Waals surface area contributed by atoms with E-state index < -0.39 is 23.9 Å². The SMILES string of the molecule is O=C(O)OCC(Br)(Br)Br.O=S(=O)(O)C(F)(F)F.c1c[nH]cn1. The lowest BCUT2D eigenvalue weighted by atomic mass is 10.9. The average molecular weight is 545 g/mol. The first-order valence-electron chi connectivity index (χ1n) is 4.56. The summed E-state index contributed by atoms with van der Waals surface area (Å²) in [7, 11) is -5.84. The molecule has 1 heterocycles. The van der Waals surface area contributed by atoms with E-state index in [1.807, 2.05) is 0 Å². The zero-order chi connectivity index (χ0) is 18.0. The molecule has 0 bridgehead atoms. The maximum Gasteiger partial charge on any atom is 0.522 e. The van der Waals surface area contributed by atoms with Gasteiger partial charge in [-0.2, -0.15) is 21.6 Å². The summed E-state index contributed by atoms with van der Waals surface area (Å²) in [6, 6.07) is 0. The molecule has 0 fully saturated rings. The topological polar surface area (TPSA) is 130 Å². The van der Waals surface area contributed by atoms with E-state index in [0.29, 0.717) is 0 Å². The molecule has 0 aliphatic rings. The summed E-state index contributed by atoms with van der Waals surface area (Å²) in [5.74, 6) is 0. The number of aromatic amines is 1. The molecule has 0 atom stereocenters. The predicted molar refractivity (Wildman–Crippen MR) is 79.7 cm³/mol. The molecule has 1 aromatic heterocycles. The second kappa shape index (κ2) is 10.4. The fourth-order valence-corrected chi connectivity index (χ4v) is 0.702. The molecule has 22 heavy (non-hydrogen) atoms. The fraction of sp³-hybridized carbons (Fsp3) is 0.429. The number of halogens is 6. The van der Waals surface area contributed by atoms with Gasteiger partial charge in [-0.25, -0.2) is 9.78 Å². The third-order valence-electron chi connectivity index (χ3n) is 1.06. The summed E-state index contributed by atoms with van der Waals surface area (Å²) in [4.78, 5) is 16.2. The Labute approximate surface area is 147 Å². The van der Waals surface area contributed by atoms with Crippen LogP contribution in [0.3, 0.4) is 0 Å². The van der Waals surface area contributed by atoms with Crippen LogP contribution in [0.4, 0.5) is 18.0 Å². The van der Waals surface area contributed by atoms with Gasteiger partial charge >= 0.3 is 21.8 Å². The summed E-state index contributed by atoms with van der Waals surface area (Å²) in [6.45, 7) is 0.00231. The number of H-pyrrole nitrogens is 1. The maximum absolute atomic E-state index is 10.7. The Balaban J connectivity index is 0. The molecular formula is C7H8Br3F3N2O6S. The lowest BCUT2D eigenvalue weighted by Gasteiger charge is -2.09. The van der Waals surface area contributed by atoms with E-state index in [4.69, 9.17) is 18.1 Å². The van der Waals surface area contributed by atoms with Crippen LogP contribution in [0.25, 0.3) is 0 Å². The fourth-order valence-electron chi connectivity index (χ4n) is 0.359. The van der Waals surface area contributed by atoms with E-state index in [-0.39, 0.29) is 6.61 Å². The van der Waals surface area contributed by atoms with Gasteiger partial charge in [0.1, 0.15) is 6.61 Å². The number of imidazole rings is 1. The standard InChI is InChI=1S/C3H3Br3O3.C3H4N2.CHF3O3S/c4-3(5,6)1-9-2(7)8;1-2-5-3-4-1;2-1(3,4)8(5,6)7/h1H2,(H,7,8);1-3H,(H,4,5);(H,5,6,7). The Hall–Kier alpha value is -0.380. The van der Waals surface area contributed by atoms with Crippen LogP contribution in [0.2, 0.25) is 0 Å². The van der Waals surface area contributed by atoms with Gasteiger partial charge < -0.3 is 14.8 Å². The first-order valence-corrected chi connectivity index (χ1v) is 8.37. The molecule has 1 aromatic rings. The molecule has 0 amide bonds. The van der Waals surface area contributed by atoms with Gasteiger partial charge in [0.05, 0.1) is 6.33 Å². The Morgan fingerprint density at radius 3 is 1.86 bits per heavy atom. The number of carbonyl (C=O) groups is 1. The van der Waals surface area contributed by atoms with Crippen molar-refractivity contribution in [3.05, 3.63) is 18.7 Å². The van der Waals surface area contributed by atoms with Gasteiger partial charge in [0, 0.05) is 12.4 Å². The molecule has 3 N–H and O–H groups in total. The Kier molecular flexibility index (Phi) is 11.3. The van der Waals surface area contributed by atoms with Crippen molar-refractivity contribution in [2.45, 2.75) is 7.65 Å². The molecule has 0 aliphatic heterocycles. The second-order valence-electron chi connectivity index (χ2n) is 2.85. The van der Waals surface area contributed by atoms with Gasteiger partial charge in [0.25, 0.3) is 0 Å². The minimum atomic E-state index is -5.84. The van der Waals surface area contributed by atoms with Crippen molar-refractivity contribution in [1.82, 2.24) is 9.97 Å². The number of hydrogen-bond acceptors (Lipinski definition) is 5. The molecule has 0 unspecified atom stereocenters. The third-order valence-corrected chi connectivity index (χ3v) is 2.33. The van der Waals surface area contributed by atoms with Gasteiger partial charge in [0.15, 0.2) is 2.14 Å². The molecule has 0 saturated heterocycles. The largest absolute Gasteiger partial charge is 0.522 e. The molecule has 1 rings (SSSR count). The summed E-state index contributed by atoms with van der Waals surface area (Å²) in [6.07, 6.45) is 3.79. The number of nitrogens with zero attached hydrogens (tertiary/aromatic N) is 1. The van der Waals surface area contributed by atoms with Crippen LogP contribution in [0.5, 0.6) is 0 Å².